The molecule has 0 saturated heterocycles. The third kappa shape index (κ3) is 10.1. The van der Waals surface area contributed by atoms with Crippen molar-refractivity contribution in [2.75, 3.05) is 5.75 Å². The van der Waals surface area contributed by atoms with E-state index in [1.165, 1.54) is 4.72 Å². The van der Waals surface area contributed by atoms with Gasteiger partial charge in [0.1, 0.15) is 6.09 Å². The number of unbranched alkanes of at least 4 members (excludes halogenated alkanes) is 2. The van der Waals surface area contributed by atoms with E-state index < -0.39 is 16.1 Å². The first-order chi connectivity index (χ1) is 5.48. The topological polar surface area (TPSA) is 86.3 Å². The Balaban J connectivity index is 0. The molecule has 7 heteroatoms. The SMILES string of the molecule is CCCCCS(=O)(=O)NC(=O)[O-].[Na+]. The summed E-state index contributed by atoms with van der Waals surface area (Å²) in [5.74, 6) is -0.158. The van der Waals surface area contributed by atoms with E-state index in [9.17, 15) is 18.3 Å². The van der Waals surface area contributed by atoms with Crippen LogP contribution < -0.4 is 39.4 Å². The minimum Gasteiger partial charge on any atom is -0.529 e. The Hall–Kier alpha value is 0.220. The number of hydrogen-bond acceptors (Lipinski definition) is 4. The second-order valence-corrected chi connectivity index (χ2v) is 4.26. The number of nitrogens with one attached hydrogen (secondary N) is 1. The Morgan fingerprint density at radius 3 is 2.31 bits per heavy atom. The zero-order valence-electron chi connectivity index (χ0n) is 7.87. The predicted molar refractivity (Wildman–Crippen MR) is 41.8 cm³/mol. The molecule has 0 aromatic carbocycles. The van der Waals surface area contributed by atoms with Gasteiger partial charge < -0.3 is 9.90 Å². The summed E-state index contributed by atoms with van der Waals surface area (Å²) in [7, 11) is -3.67. The summed E-state index contributed by atoms with van der Waals surface area (Å²) in [6.45, 7) is 1.93. The second kappa shape index (κ2) is 7.61. The van der Waals surface area contributed by atoms with Crippen molar-refractivity contribution in [3.8, 4) is 0 Å². The van der Waals surface area contributed by atoms with Crippen molar-refractivity contribution < 1.29 is 47.9 Å². The third-order valence-electron chi connectivity index (χ3n) is 1.26. The van der Waals surface area contributed by atoms with Crippen LogP contribution in [0.2, 0.25) is 0 Å². The van der Waals surface area contributed by atoms with Gasteiger partial charge in [-0.25, -0.2) is 8.42 Å². The second-order valence-electron chi connectivity index (χ2n) is 2.42. The Labute approximate surface area is 100 Å². The van der Waals surface area contributed by atoms with Gasteiger partial charge in [-0.15, -0.1) is 0 Å². The Morgan fingerprint density at radius 1 is 1.38 bits per heavy atom. The summed E-state index contributed by atoms with van der Waals surface area (Å²) in [4.78, 5) is 9.85. The van der Waals surface area contributed by atoms with Crippen LogP contribution in [0.5, 0.6) is 0 Å². The van der Waals surface area contributed by atoms with Gasteiger partial charge in [0.2, 0.25) is 10.0 Å². The Kier molecular flexibility index (Phi) is 9.18. The molecule has 72 valence electrons. The molecule has 5 nitrogen and oxygen atoms in total. The molecule has 0 heterocycles. The van der Waals surface area contributed by atoms with E-state index in [0.717, 1.165) is 12.8 Å². The van der Waals surface area contributed by atoms with Crippen LogP contribution in [0.1, 0.15) is 26.2 Å². The number of carbonyl (C=O) groups excluding carboxylic acids is 1. The van der Waals surface area contributed by atoms with E-state index in [0.29, 0.717) is 6.42 Å². The first kappa shape index (κ1) is 15.7. The molecule has 1 N–H and O–H groups in total. The van der Waals surface area contributed by atoms with Crippen molar-refractivity contribution in [2.24, 2.45) is 0 Å². The van der Waals surface area contributed by atoms with E-state index in [1.807, 2.05) is 6.92 Å². The zero-order valence-corrected chi connectivity index (χ0v) is 10.7. The van der Waals surface area contributed by atoms with Crippen molar-refractivity contribution in [1.29, 1.82) is 0 Å². The molecule has 0 aliphatic rings. The molecule has 0 aliphatic heterocycles. The molecule has 0 atom stereocenters. The standard InChI is InChI=1S/C6H13NO4S.Na/c1-2-3-4-5-12(10,11)7-6(8)9;/h7H,2-5H2,1H3,(H,8,9);/q;+1/p-1. The fraction of sp³-hybridized carbons (Fsp3) is 0.833. The van der Waals surface area contributed by atoms with Crippen LogP contribution in [-0.2, 0) is 10.0 Å². The number of carboxylic acid groups (broad SMARTS) is 1. The molecule has 0 saturated carbocycles. The van der Waals surface area contributed by atoms with Crippen molar-refractivity contribution in [1.82, 2.24) is 4.72 Å². The molecule has 1 amide bonds. The largest absolute Gasteiger partial charge is 1.00 e. The van der Waals surface area contributed by atoms with E-state index in [-0.39, 0.29) is 35.3 Å². The number of hydrogen-bond donors (Lipinski definition) is 1. The Bertz CT molecular complexity index is 239. The third-order valence-corrected chi connectivity index (χ3v) is 2.56. The summed E-state index contributed by atoms with van der Waals surface area (Å²) >= 11 is 0. The molecule has 13 heavy (non-hydrogen) atoms. The first-order valence-corrected chi connectivity index (χ1v) is 5.34. The van der Waals surface area contributed by atoms with Crippen molar-refractivity contribution in [3.05, 3.63) is 0 Å². The molecule has 0 radical (unpaired) electrons. The summed E-state index contributed by atoms with van der Waals surface area (Å²) in [6, 6.07) is 0. The van der Waals surface area contributed by atoms with Crippen LogP contribution in [0, 0.1) is 0 Å². The normalized spacial score (nSPS) is 10.2. The maximum atomic E-state index is 10.8. The quantitative estimate of drug-likeness (QED) is 0.381. The van der Waals surface area contributed by atoms with Gasteiger partial charge in [-0.05, 0) is 6.42 Å². The van der Waals surface area contributed by atoms with Crippen LogP contribution >= 0.6 is 0 Å². The van der Waals surface area contributed by atoms with Gasteiger partial charge >= 0.3 is 29.6 Å². The smallest absolute Gasteiger partial charge is 0.529 e. The number of sulfonamides is 1. The molecule has 0 fully saturated rings. The monoisotopic (exact) mass is 217 g/mol. The molecule has 0 rings (SSSR count). The fourth-order valence-electron chi connectivity index (χ4n) is 0.720. The van der Waals surface area contributed by atoms with Crippen molar-refractivity contribution in [2.45, 2.75) is 26.2 Å². The number of rotatable bonds is 5. The van der Waals surface area contributed by atoms with Crippen LogP contribution in [-0.4, -0.2) is 20.3 Å². The van der Waals surface area contributed by atoms with Crippen molar-refractivity contribution in [3.63, 3.8) is 0 Å². The molecule has 0 unspecified atom stereocenters. The minimum atomic E-state index is -3.67. The van der Waals surface area contributed by atoms with Crippen LogP contribution in [0.25, 0.3) is 0 Å². The van der Waals surface area contributed by atoms with Crippen LogP contribution in [0.4, 0.5) is 4.79 Å². The molecular weight excluding hydrogens is 205 g/mol. The van der Waals surface area contributed by atoms with Gasteiger partial charge in [0.15, 0.2) is 0 Å². The average Bonchev–Trinajstić information content (AvgIpc) is 1.84. The number of amides is 1. The molecule has 0 spiro atoms. The van der Waals surface area contributed by atoms with Gasteiger partial charge in [-0.1, -0.05) is 19.8 Å². The van der Waals surface area contributed by atoms with Gasteiger partial charge in [-0.3, -0.25) is 4.72 Å². The molecule has 0 aliphatic carbocycles. The van der Waals surface area contributed by atoms with Gasteiger partial charge in [-0.2, -0.15) is 0 Å². The number of carbonyl (C=O) groups is 1. The first-order valence-electron chi connectivity index (χ1n) is 3.69. The fourth-order valence-corrected chi connectivity index (χ4v) is 1.66. The summed E-state index contributed by atoms with van der Waals surface area (Å²) < 4.78 is 22.9. The Morgan fingerprint density at radius 2 is 1.92 bits per heavy atom. The van der Waals surface area contributed by atoms with Gasteiger partial charge in [0.25, 0.3) is 0 Å². The van der Waals surface area contributed by atoms with Crippen molar-refractivity contribution >= 4 is 16.1 Å². The van der Waals surface area contributed by atoms with Crippen LogP contribution in [0.15, 0.2) is 0 Å². The summed E-state index contributed by atoms with van der Waals surface area (Å²) in [5.41, 5.74) is 0. The summed E-state index contributed by atoms with van der Waals surface area (Å²) in [5, 5.41) is 9.85. The molecule has 0 aromatic rings. The maximum absolute atomic E-state index is 10.8. The van der Waals surface area contributed by atoms with E-state index in [4.69, 9.17) is 0 Å². The van der Waals surface area contributed by atoms with Gasteiger partial charge in [0, 0.05) is 0 Å². The molecular formula is C6H12NNaO4S. The van der Waals surface area contributed by atoms with E-state index >= 15 is 0 Å². The molecule has 0 aromatic heterocycles. The maximum Gasteiger partial charge on any atom is 1.00 e. The summed E-state index contributed by atoms with van der Waals surface area (Å²) in [6.07, 6.45) is 0.361. The predicted octanol–water partition coefficient (Wildman–Crippen LogP) is -3.56. The van der Waals surface area contributed by atoms with Crippen LogP contribution in [0.3, 0.4) is 0 Å². The van der Waals surface area contributed by atoms with E-state index in [1.54, 1.807) is 0 Å². The van der Waals surface area contributed by atoms with E-state index in [2.05, 4.69) is 0 Å². The minimum absolute atomic E-state index is 0. The average molecular weight is 217 g/mol. The van der Waals surface area contributed by atoms with Gasteiger partial charge in [0.05, 0.1) is 5.75 Å². The zero-order chi connectivity index (χ0) is 9.61. The molecule has 0 bridgehead atoms.